The van der Waals surface area contributed by atoms with E-state index < -0.39 is 5.60 Å². The number of nitrogens with zero attached hydrogens (tertiary/aromatic N) is 3. The first-order valence-electron chi connectivity index (χ1n) is 12.7. The lowest BCUT2D eigenvalue weighted by Crippen LogP contribution is -2.63. The fourth-order valence-corrected chi connectivity index (χ4v) is 6.90. The van der Waals surface area contributed by atoms with Gasteiger partial charge in [0.25, 0.3) is 5.91 Å². The Bertz CT molecular complexity index is 860. The summed E-state index contributed by atoms with van der Waals surface area (Å²) in [6.07, 6.45) is 14.4. The van der Waals surface area contributed by atoms with Crippen molar-refractivity contribution < 1.29 is 14.7 Å². The van der Waals surface area contributed by atoms with Crippen LogP contribution < -0.4 is 0 Å². The standard InChI is InChI=1S/C26H37N3O3/c30-22(11-10-20-7-2-1-3-8-20)28-16-14-26(32,25(18-28)12-4-5-13-25)19-29-17-21-9-6-15-27-23(21)24(29)31/h6,9,15,20,32H,1-5,7-8,10-14,16-19H2. The largest absolute Gasteiger partial charge is 0.387 e. The highest BCUT2D eigenvalue weighted by Crippen LogP contribution is 2.51. The Morgan fingerprint density at radius 2 is 1.91 bits per heavy atom. The molecule has 174 valence electrons. The summed E-state index contributed by atoms with van der Waals surface area (Å²) in [7, 11) is 0. The van der Waals surface area contributed by atoms with Crippen molar-refractivity contribution in [2.75, 3.05) is 19.6 Å². The zero-order valence-electron chi connectivity index (χ0n) is 19.2. The summed E-state index contributed by atoms with van der Waals surface area (Å²) in [4.78, 5) is 34.1. The zero-order chi connectivity index (χ0) is 22.2. The molecule has 32 heavy (non-hydrogen) atoms. The molecule has 1 unspecified atom stereocenters. The molecule has 1 atom stereocenters. The highest BCUT2D eigenvalue weighted by Gasteiger charge is 2.56. The van der Waals surface area contributed by atoms with Crippen LogP contribution in [0, 0.1) is 11.3 Å². The van der Waals surface area contributed by atoms with Gasteiger partial charge in [-0.3, -0.25) is 14.6 Å². The van der Waals surface area contributed by atoms with E-state index >= 15 is 0 Å². The molecule has 2 saturated carbocycles. The predicted octanol–water partition coefficient (Wildman–Crippen LogP) is 3.92. The van der Waals surface area contributed by atoms with Crippen LogP contribution >= 0.6 is 0 Å². The monoisotopic (exact) mass is 439 g/mol. The Morgan fingerprint density at radius 3 is 2.66 bits per heavy atom. The summed E-state index contributed by atoms with van der Waals surface area (Å²) >= 11 is 0. The molecule has 6 heteroatoms. The van der Waals surface area contributed by atoms with Gasteiger partial charge in [-0.2, -0.15) is 0 Å². The number of likely N-dealkylation sites (tertiary alicyclic amines) is 1. The Hall–Kier alpha value is -1.95. The summed E-state index contributed by atoms with van der Waals surface area (Å²) < 4.78 is 0. The first-order valence-corrected chi connectivity index (χ1v) is 12.7. The quantitative estimate of drug-likeness (QED) is 0.755. The summed E-state index contributed by atoms with van der Waals surface area (Å²) in [5.41, 5.74) is 0.221. The topological polar surface area (TPSA) is 73.7 Å². The molecule has 2 amide bonds. The molecule has 2 aliphatic heterocycles. The molecule has 4 aliphatic rings. The number of amides is 2. The van der Waals surface area contributed by atoms with Gasteiger partial charge in [0.05, 0.1) is 12.1 Å². The summed E-state index contributed by atoms with van der Waals surface area (Å²) in [6, 6.07) is 3.81. The average molecular weight is 440 g/mol. The maximum atomic E-state index is 13.1. The van der Waals surface area contributed by atoms with Gasteiger partial charge in [0.1, 0.15) is 5.69 Å². The highest BCUT2D eigenvalue weighted by molar-refractivity contribution is 5.96. The van der Waals surface area contributed by atoms with Crippen molar-refractivity contribution >= 4 is 11.8 Å². The van der Waals surface area contributed by atoms with Crippen LogP contribution in [0.3, 0.4) is 0 Å². The van der Waals surface area contributed by atoms with Gasteiger partial charge in [-0.05, 0) is 37.7 Å². The second-order valence-corrected chi connectivity index (χ2v) is 10.8. The molecular weight excluding hydrogens is 402 g/mol. The lowest BCUT2D eigenvalue weighted by Gasteiger charge is -2.53. The molecule has 5 rings (SSSR count). The highest BCUT2D eigenvalue weighted by atomic mass is 16.3. The maximum absolute atomic E-state index is 13.1. The molecule has 0 aromatic carbocycles. The van der Waals surface area contributed by atoms with Crippen molar-refractivity contribution in [3.05, 3.63) is 29.6 Å². The zero-order valence-corrected chi connectivity index (χ0v) is 19.2. The molecule has 0 radical (unpaired) electrons. The van der Waals surface area contributed by atoms with Gasteiger partial charge < -0.3 is 14.9 Å². The number of fused-ring (bicyclic) bond motifs is 1. The molecule has 0 bridgehead atoms. The van der Waals surface area contributed by atoms with E-state index in [1.165, 1.54) is 32.1 Å². The number of rotatable bonds is 5. The molecule has 3 heterocycles. The molecule has 1 spiro atoms. The molecule has 3 fully saturated rings. The van der Waals surface area contributed by atoms with Crippen molar-refractivity contribution in [1.82, 2.24) is 14.8 Å². The first kappa shape index (κ1) is 21.9. The van der Waals surface area contributed by atoms with Gasteiger partial charge in [0, 0.05) is 43.2 Å². The van der Waals surface area contributed by atoms with Crippen LogP contribution in [0.2, 0.25) is 0 Å². The Balaban J connectivity index is 1.26. The van der Waals surface area contributed by atoms with Crippen molar-refractivity contribution in [3.8, 4) is 0 Å². The summed E-state index contributed by atoms with van der Waals surface area (Å²) in [6.45, 7) is 2.09. The fraction of sp³-hybridized carbons (Fsp3) is 0.731. The second kappa shape index (κ2) is 8.77. The number of hydrogen-bond acceptors (Lipinski definition) is 4. The van der Waals surface area contributed by atoms with E-state index in [-0.39, 0.29) is 17.2 Å². The Kier molecular flexibility index (Phi) is 5.99. The van der Waals surface area contributed by atoms with Crippen LogP contribution in [0.15, 0.2) is 18.3 Å². The molecule has 1 aromatic rings. The summed E-state index contributed by atoms with van der Waals surface area (Å²) in [5.74, 6) is 0.900. The average Bonchev–Trinajstić information content (AvgIpc) is 3.41. The minimum absolute atomic E-state index is 0.0758. The molecule has 6 nitrogen and oxygen atoms in total. The smallest absolute Gasteiger partial charge is 0.273 e. The van der Waals surface area contributed by atoms with Crippen molar-refractivity contribution in [1.29, 1.82) is 0 Å². The maximum Gasteiger partial charge on any atom is 0.273 e. The van der Waals surface area contributed by atoms with Crippen molar-refractivity contribution in [2.24, 2.45) is 11.3 Å². The molecular formula is C26H37N3O3. The number of carbonyl (C=O) groups is 2. The van der Waals surface area contributed by atoms with Crippen molar-refractivity contribution in [2.45, 2.75) is 89.2 Å². The van der Waals surface area contributed by atoms with E-state index in [1.807, 2.05) is 17.0 Å². The van der Waals surface area contributed by atoms with Crippen LogP contribution in [0.25, 0.3) is 0 Å². The van der Waals surface area contributed by atoms with Crippen LogP contribution in [-0.4, -0.2) is 56.9 Å². The predicted molar refractivity (Wildman–Crippen MR) is 122 cm³/mol. The summed E-state index contributed by atoms with van der Waals surface area (Å²) in [5, 5.41) is 12.0. The van der Waals surface area contributed by atoms with E-state index in [2.05, 4.69) is 4.98 Å². The molecule has 1 N–H and O–H groups in total. The van der Waals surface area contributed by atoms with E-state index in [0.717, 1.165) is 37.7 Å². The Morgan fingerprint density at radius 1 is 1.12 bits per heavy atom. The molecule has 1 saturated heterocycles. The number of aromatic nitrogens is 1. The number of hydrogen-bond donors (Lipinski definition) is 1. The number of pyridine rings is 1. The van der Waals surface area contributed by atoms with Crippen LogP contribution in [0.4, 0.5) is 0 Å². The lowest BCUT2D eigenvalue weighted by atomic mass is 9.65. The second-order valence-electron chi connectivity index (χ2n) is 10.8. The minimum Gasteiger partial charge on any atom is -0.387 e. The van der Waals surface area contributed by atoms with Gasteiger partial charge >= 0.3 is 0 Å². The third kappa shape index (κ3) is 3.95. The third-order valence-corrected chi connectivity index (χ3v) is 8.88. The number of β-amino-alcohol motifs (C(OH)–C–C–N with tert-alkyl or cyclic N) is 1. The van der Waals surface area contributed by atoms with Crippen LogP contribution in [-0.2, 0) is 11.3 Å². The van der Waals surface area contributed by atoms with E-state index in [0.29, 0.717) is 50.6 Å². The Labute approximate surface area is 191 Å². The number of aliphatic hydroxyl groups is 1. The van der Waals surface area contributed by atoms with Crippen LogP contribution in [0.1, 0.15) is 93.1 Å². The number of piperidine rings is 1. The fourth-order valence-electron chi connectivity index (χ4n) is 6.90. The van der Waals surface area contributed by atoms with E-state index in [4.69, 9.17) is 0 Å². The number of carbonyl (C=O) groups excluding carboxylic acids is 2. The van der Waals surface area contributed by atoms with Gasteiger partial charge in [0.2, 0.25) is 5.91 Å². The minimum atomic E-state index is -0.943. The van der Waals surface area contributed by atoms with E-state index in [1.54, 1.807) is 11.1 Å². The van der Waals surface area contributed by atoms with Gasteiger partial charge in [-0.1, -0.05) is 51.0 Å². The van der Waals surface area contributed by atoms with E-state index in [9.17, 15) is 14.7 Å². The lowest BCUT2D eigenvalue weighted by molar-refractivity contribution is -0.160. The third-order valence-electron chi connectivity index (χ3n) is 8.88. The SMILES string of the molecule is O=C(CCC1CCCCC1)N1CCC(O)(CN2Cc3cccnc3C2=O)C2(CCCC2)C1. The molecule has 2 aliphatic carbocycles. The normalized spacial score (nSPS) is 27.8. The van der Waals surface area contributed by atoms with Crippen molar-refractivity contribution in [3.63, 3.8) is 0 Å². The van der Waals surface area contributed by atoms with Crippen LogP contribution in [0.5, 0.6) is 0 Å². The van der Waals surface area contributed by atoms with Gasteiger partial charge in [0.15, 0.2) is 0 Å². The first-order chi connectivity index (χ1) is 15.5. The van der Waals surface area contributed by atoms with Gasteiger partial charge in [-0.15, -0.1) is 0 Å². The molecule has 1 aromatic heterocycles. The van der Waals surface area contributed by atoms with Gasteiger partial charge in [-0.25, -0.2) is 0 Å².